The molecule has 1 amide bonds. The number of halogens is 3. The zero-order chi connectivity index (χ0) is 26.3. The molecule has 10 heteroatoms. The first-order chi connectivity index (χ1) is 16.8. The Morgan fingerprint density at radius 1 is 1.14 bits per heavy atom. The van der Waals surface area contributed by atoms with E-state index in [1.54, 1.807) is 11.1 Å². The quantitative estimate of drug-likeness (QED) is 0.643. The van der Waals surface area contributed by atoms with E-state index in [1.165, 1.54) is 12.1 Å². The third-order valence-electron chi connectivity index (χ3n) is 6.91. The smallest absolute Gasteiger partial charge is 0.387 e. The number of aliphatic hydroxyl groups is 1. The molecular weight excluding hydrogens is 471 g/mol. The summed E-state index contributed by atoms with van der Waals surface area (Å²) in [5.74, 6) is 0.0428. The minimum absolute atomic E-state index is 0.120. The minimum atomic E-state index is -4.42. The maximum Gasteiger partial charge on any atom is 0.416 e. The average Bonchev–Trinajstić information content (AvgIpc) is 3.11. The average molecular weight is 506 g/mol. The number of aromatic nitrogens is 2. The second-order valence-corrected chi connectivity index (χ2v) is 10.8. The normalized spacial score (nSPS) is 21.4. The Morgan fingerprint density at radius 2 is 1.78 bits per heavy atom. The Labute approximate surface area is 209 Å². The molecule has 0 spiro atoms. The van der Waals surface area contributed by atoms with Crippen LogP contribution < -0.4 is 10.2 Å². The molecule has 2 aliphatic rings. The second kappa shape index (κ2) is 9.97. The number of anilines is 1. The molecule has 0 bridgehead atoms. The van der Waals surface area contributed by atoms with Crippen LogP contribution in [0.3, 0.4) is 0 Å². The van der Waals surface area contributed by atoms with Crippen LogP contribution in [0.5, 0.6) is 0 Å². The monoisotopic (exact) mass is 505 g/mol. The standard InChI is InChI=1S/C26H34F3N5O2/c1-16-13-21(35)22-19(16)14-30-24(32-22)34-11-9-33(10-12-34)23(36)20(15-31-25(2,3)4)17-5-7-18(8-6-17)26(27,28)29/h5-8,14,16,20-21,31,35H,9-13,15H2,1-4H3/t16-,20-,21-/m1/s1. The Bertz CT molecular complexity index is 1080. The van der Waals surface area contributed by atoms with Crippen molar-refractivity contribution in [3.8, 4) is 0 Å². The number of hydrogen-bond donors (Lipinski definition) is 2. The summed E-state index contributed by atoms with van der Waals surface area (Å²) in [7, 11) is 0. The zero-order valence-corrected chi connectivity index (χ0v) is 21.1. The van der Waals surface area contributed by atoms with E-state index in [0.29, 0.717) is 56.4 Å². The van der Waals surface area contributed by atoms with Crippen molar-refractivity contribution >= 4 is 11.9 Å². The van der Waals surface area contributed by atoms with Gasteiger partial charge in [-0.3, -0.25) is 4.79 Å². The molecule has 2 aromatic rings. The van der Waals surface area contributed by atoms with Crippen molar-refractivity contribution in [2.24, 2.45) is 0 Å². The largest absolute Gasteiger partial charge is 0.416 e. The van der Waals surface area contributed by atoms with Crippen molar-refractivity contribution in [3.05, 3.63) is 52.8 Å². The van der Waals surface area contributed by atoms with E-state index < -0.39 is 23.8 Å². The van der Waals surface area contributed by atoms with Gasteiger partial charge in [-0.05, 0) is 56.4 Å². The molecule has 0 radical (unpaired) electrons. The number of nitrogens with one attached hydrogen (secondary N) is 1. The number of nitrogens with zero attached hydrogens (tertiary/aromatic N) is 4. The highest BCUT2D eigenvalue weighted by Gasteiger charge is 2.34. The first kappa shape index (κ1) is 26.3. The number of rotatable bonds is 5. The van der Waals surface area contributed by atoms with Crippen LogP contribution in [0.25, 0.3) is 0 Å². The van der Waals surface area contributed by atoms with Crippen LogP contribution >= 0.6 is 0 Å². The topological polar surface area (TPSA) is 81.6 Å². The molecule has 1 aliphatic carbocycles. The highest BCUT2D eigenvalue weighted by atomic mass is 19.4. The molecule has 1 aromatic carbocycles. The molecule has 2 heterocycles. The number of carbonyl (C=O) groups excluding carboxylic acids is 1. The van der Waals surface area contributed by atoms with Crippen LogP contribution in [-0.4, -0.2) is 64.1 Å². The Kier molecular flexibility index (Phi) is 7.30. The van der Waals surface area contributed by atoms with Gasteiger partial charge in [0.05, 0.1) is 23.3 Å². The van der Waals surface area contributed by atoms with Gasteiger partial charge in [-0.2, -0.15) is 13.2 Å². The van der Waals surface area contributed by atoms with Crippen LogP contribution in [0.4, 0.5) is 19.1 Å². The lowest BCUT2D eigenvalue weighted by molar-refractivity contribution is -0.137. The van der Waals surface area contributed by atoms with Gasteiger partial charge < -0.3 is 20.2 Å². The lowest BCUT2D eigenvalue weighted by Crippen LogP contribution is -2.52. The molecule has 36 heavy (non-hydrogen) atoms. The Balaban J connectivity index is 1.46. The van der Waals surface area contributed by atoms with E-state index in [0.717, 1.165) is 17.7 Å². The molecule has 7 nitrogen and oxygen atoms in total. The third-order valence-corrected chi connectivity index (χ3v) is 6.91. The van der Waals surface area contributed by atoms with Gasteiger partial charge in [-0.1, -0.05) is 19.1 Å². The van der Waals surface area contributed by atoms with Crippen LogP contribution in [0, 0.1) is 0 Å². The number of fused-ring (bicyclic) bond motifs is 1. The van der Waals surface area contributed by atoms with Gasteiger partial charge in [0.2, 0.25) is 11.9 Å². The number of benzene rings is 1. The van der Waals surface area contributed by atoms with Gasteiger partial charge in [0, 0.05) is 44.5 Å². The van der Waals surface area contributed by atoms with Gasteiger partial charge in [-0.15, -0.1) is 0 Å². The summed E-state index contributed by atoms with van der Waals surface area (Å²) < 4.78 is 39.1. The molecule has 1 fully saturated rings. The molecule has 4 rings (SSSR count). The van der Waals surface area contributed by atoms with Crippen molar-refractivity contribution in [1.82, 2.24) is 20.2 Å². The maximum absolute atomic E-state index is 13.6. The fourth-order valence-electron chi connectivity index (χ4n) is 4.77. The molecule has 1 aromatic heterocycles. The van der Waals surface area contributed by atoms with Gasteiger partial charge in [-0.25, -0.2) is 9.97 Å². The summed E-state index contributed by atoms with van der Waals surface area (Å²) >= 11 is 0. The lowest BCUT2D eigenvalue weighted by Gasteiger charge is -2.37. The molecule has 3 atom stereocenters. The molecular formula is C26H34F3N5O2. The third kappa shape index (κ3) is 5.81. The van der Waals surface area contributed by atoms with Crippen molar-refractivity contribution in [1.29, 1.82) is 0 Å². The van der Waals surface area contributed by atoms with Crippen LogP contribution in [0.1, 0.15) is 74.4 Å². The summed E-state index contributed by atoms with van der Waals surface area (Å²) in [5.41, 5.74) is 1.23. The summed E-state index contributed by atoms with van der Waals surface area (Å²) in [4.78, 5) is 26.4. The first-order valence-electron chi connectivity index (χ1n) is 12.3. The minimum Gasteiger partial charge on any atom is -0.387 e. The lowest BCUT2D eigenvalue weighted by atomic mass is 9.94. The number of hydrogen-bond acceptors (Lipinski definition) is 6. The number of piperazine rings is 1. The SMILES string of the molecule is C[C@@H]1C[C@@H](O)c2nc(N3CCN(C(=O)[C@H](CNC(C)(C)C)c4ccc(C(F)(F)F)cc4)CC3)ncc21. The second-order valence-electron chi connectivity index (χ2n) is 10.8. The van der Waals surface area contributed by atoms with Crippen LogP contribution in [0.15, 0.2) is 30.5 Å². The molecule has 196 valence electrons. The predicted octanol–water partition coefficient (Wildman–Crippen LogP) is 3.86. The van der Waals surface area contributed by atoms with E-state index in [2.05, 4.69) is 15.3 Å². The zero-order valence-electron chi connectivity index (χ0n) is 21.1. The van der Waals surface area contributed by atoms with Gasteiger partial charge in [0.15, 0.2) is 0 Å². The molecule has 1 saturated heterocycles. The number of alkyl halides is 3. The number of aliphatic hydroxyl groups excluding tert-OH is 1. The summed E-state index contributed by atoms with van der Waals surface area (Å²) in [6.45, 7) is 10.3. The van der Waals surface area contributed by atoms with Crippen molar-refractivity contribution in [2.45, 2.75) is 63.8 Å². The van der Waals surface area contributed by atoms with Gasteiger partial charge in [0.1, 0.15) is 0 Å². The van der Waals surface area contributed by atoms with E-state index in [9.17, 15) is 23.1 Å². The Hall–Kier alpha value is -2.72. The summed E-state index contributed by atoms with van der Waals surface area (Å²) in [5, 5.41) is 13.6. The van der Waals surface area contributed by atoms with Gasteiger partial charge in [0.25, 0.3) is 0 Å². The van der Waals surface area contributed by atoms with E-state index in [-0.39, 0.29) is 17.4 Å². The summed E-state index contributed by atoms with van der Waals surface area (Å²) in [6.07, 6.45) is -2.58. The highest BCUT2D eigenvalue weighted by molar-refractivity contribution is 5.84. The van der Waals surface area contributed by atoms with E-state index in [4.69, 9.17) is 0 Å². The number of amides is 1. The van der Waals surface area contributed by atoms with Crippen molar-refractivity contribution in [3.63, 3.8) is 0 Å². The molecule has 0 unspecified atom stereocenters. The maximum atomic E-state index is 13.6. The fourth-order valence-corrected chi connectivity index (χ4v) is 4.77. The van der Waals surface area contributed by atoms with Crippen molar-refractivity contribution in [2.75, 3.05) is 37.6 Å². The van der Waals surface area contributed by atoms with E-state index in [1.807, 2.05) is 32.6 Å². The van der Waals surface area contributed by atoms with E-state index >= 15 is 0 Å². The molecule has 2 N–H and O–H groups in total. The van der Waals surface area contributed by atoms with Crippen LogP contribution in [0.2, 0.25) is 0 Å². The molecule has 0 saturated carbocycles. The number of carbonyl (C=O) groups is 1. The summed E-state index contributed by atoms with van der Waals surface area (Å²) in [6, 6.07) is 4.86. The van der Waals surface area contributed by atoms with Crippen molar-refractivity contribution < 1.29 is 23.1 Å². The highest BCUT2D eigenvalue weighted by Crippen LogP contribution is 2.39. The molecule has 1 aliphatic heterocycles. The first-order valence-corrected chi connectivity index (χ1v) is 12.3. The fraction of sp³-hybridized carbons (Fsp3) is 0.577. The Morgan fingerprint density at radius 3 is 2.36 bits per heavy atom. The van der Waals surface area contributed by atoms with Crippen LogP contribution in [-0.2, 0) is 11.0 Å². The predicted molar refractivity (Wildman–Crippen MR) is 131 cm³/mol. The van der Waals surface area contributed by atoms with Gasteiger partial charge >= 0.3 is 6.18 Å².